The zero-order valence-electron chi connectivity index (χ0n) is 8.69. The molecule has 1 unspecified atom stereocenters. The number of esters is 1. The van der Waals surface area contributed by atoms with Crippen LogP contribution in [0.4, 0.5) is 13.2 Å². The fraction of sp³-hybridized carbons (Fsp3) is 0.300. The SMILES string of the molecule is COC(=O)C(O)c1ccc(OC(F)(F)F)cc1. The van der Waals surface area contributed by atoms with Crippen LogP contribution in [0.15, 0.2) is 24.3 Å². The van der Waals surface area contributed by atoms with Gasteiger partial charge in [0.15, 0.2) is 6.10 Å². The van der Waals surface area contributed by atoms with E-state index in [0.29, 0.717) is 0 Å². The van der Waals surface area contributed by atoms with Gasteiger partial charge in [-0.2, -0.15) is 0 Å². The molecular formula is C10H9F3O4. The first kappa shape index (κ1) is 13.3. The highest BCUT2D eigenvalue weighted by molar-refractivity contribution is 5.76. The van der Waals surface area contributed by atoms with Gasteiger partial charge in [0.1, 0.15) is 5.75 Å². The van der Waals surface area contributed by atoms with Crippen LogP contribution in [0.2, 0.25) is 0 Å². The number of rotatable bonds is 3. The molecule has 7 heteroatoms. The number of methoxy groups -OCH3 is 1. The van der Waals surface area contributed by atoms with E-state index in [4.69, 9.17) is 0 Å². The van der Waals surface area contributed by atoms with Crippen LogP contribution in [0.5, 0.6) is 5.75 Å². The third-order valence-electron chi connectivity index (χ3n) is 1.85. The fourth-order valence-electron chi connectivity index (χ4n) is 1.10. The van der Waals surface area contributed by atoms with Crippen LogP contribution in [-0.4, -0.2) is 24.5 Å². The maximum atomic E-state index is 11.8. The first-order valence-corrected chi connectivity index (χ1v) is 4.45. The van der Waals surface area contributed by atoms with Crippen molar-refractivity contribution in [2.75, 3.05) is 7.11 Å². The summed E-state index contributed by atoms with van der Waals surface area (Å²) in [5.41, 5.74) is 0.117. The molecule has 1 N–H and O–H groups in total. The van der Waals surface area contributed by atoms with Crippen LogP contribution >= 0.6 is 0 Å². The lowest BCUT2D eigenvalue weighted by atomic mass is 10.1. The molecule has 0 aliphatic carbocycles. The number of benzene rings is 1. The summed E-state index contributed by atoms with van der Waals surface area (Å²) < 4.78 is 43.4. The number of ether oxygens (including phenoxy) is 2. The smallest absolute Gasteiger partial charge is 0.467 e. The highest BCUT2D eigenvalue weighted by Crippen LogP contribution is 2.24. The van der Waals surface area contributed by atoms with Gasteiger partial charge in [0, 0.05) is 0 Å². The molecule has 0 bridgehead atoms. The van der Waals surface area contributed by atoms with Gasteiger partial charge >= 0.3 is 12.3 Å². The number of hydrogen-bond acceptors (Lipinski definition) is 4. The standard InChI is InChI=1S/C10H9F3O4/c1-16-9(15)8(14)6-2-4-7(5-3-6)17-10(11,12)13/h2-5,8,14H,1H3. The molecule has 0 amide bonds. The molecule has 0 fully saturated rings. The Morgan fingerprint density at radius 3 is 2.24 bits per heavy atom. The van der Waals surface area contributed by atoms with E-state index in [1.807, 2.05) is 0 Å². The Balaban J connectivity index is 2.78. The number of alkyl halides is 3. The highest BCUT2D eigenvalue weighted by atomic mass is 19.4. The molecule has 0 aliphatic heterocycles. The van der Waals surface area contributed by atoms with E-state index in [9.17, 15) is 23.1 Å². The average molecular weight is 250 g/mol. The number of carbonyl (C=O) groups excluding carboxylic acids is 1. The lowest BCUT2D eigenvalue weighted by Gasteiger charge is -2.11. The summed E-state index contributed by atoms with van der Waals surface area (Å²) in [6.45, 7) is 0. The average Bonchev–Trinajstić information content (AvgIpc) is 2.26. The lowest BCUT2D eigenvalue weighted by molar-refractivity contribution is -0.274. The Bertz CT molecular complexity index is 386. The maximum Gasteiger partial charge on any atom is 0.573 e. The molecule has 4 nitrogen and oxygen atoms in total. The van der Waals surface area contributed by atoms with Crippen molar-refractivity contribution in [1.29, 1.82) is 0 Å². The van der Waals surface area contributed by atoms with Gasteiger partial charge < -0.3 is 14.6 Å². The minimum Gasteiger partial charge on any atom is -0.467 e. The van der Waals surface area contributed by atoms with Gasteiger partial charge in [0.2, 0.25) is 0 Å². The third kappa shape index (κ3) is 3.95. The van der Waals surface area contributed by atoms with E-state index in [1.54, 1.807) is 0 Å². The highest BCUT2D eigenvalue weighted by Gasteiger charge is 2.31. The maximum absolute atomic E-state index is 11.8. The van der Waals surface area contributed by atoms with Gasteiger partial charge in [0.25, 0.3) is 0 Å². The Labute approximate surface area is 94.6 Å². The lowest BCUT2D eigenvalue weighted by Crippen LogP contribution is -2.17. The van der Waals surface area contributed by atoms with Gasteiger partial charge in [-0.15, -0.1) is 13.2 Å². The topological polar surface area (TPSA) is 55.8 Å². The molecule has 0 radical (unpaired) electrons. The fourth-order valence-corrected chi connectivity index (χ4v) is 1.10. The minimum atomic E-state index is -4.78. The largest absolute Gasteiger partial charge is 0.573 e. The van der Waals surface area contributed by atoms with Crippen LogP contribution in [-0.2, 0) is 9.53 Å². The Hall–Kier alpha value is -1.76. The number of halogens is 3. The molecule has 0 aliphatic rings. The van der Waals surface area contributed by atoms with Gasteiger partial charge in [-0.3, -0.25) is 0 Å². The van der Waals surface area contributed by atoms with E-state index in [1.165, 1.54) is 0 Å². The summed E-state index contributed by atoms with van der Waals surface area (Å²) in [6.07, 6.45) is -6.30. The molecule has 94 valence electrons. The zero-order chi connectivity index (χ0) is 13.1. The molecule has 0 aromatic heterocycles. The van der Waals surface area contributed by atoms with E-state index < -0.39 is 24.2 Å². The van der Waals surface area contributed by atoms with Gasteiger partial charge in [0.05, 0.1) is 7.11 Å². The summed E-state index contributed by atoms with van der Waals surface area (Å²) in [4.78, 5) is 10.9. The normalized spacial score (nSPS) is 13.0. The summed E-state index contributed by atoms with van der Waals surface area (Å²) in [5.74, 6) is -1.33. The predicted molar refractivity (Wildman–Crippen MR) is 50.1 cm³/mol. The summed E-state index contributed by atoms with van der Waals surface area (Å²) >= 11 is 0. The van der Waals surface area contributed by atoms with Crippen molar-refractivity contribution in [1.82, 2.24) is 0 Å². The van der Waals surface area contributed by atoms with Gasteiger partial charge in [-0.1, -0.05) is 12.1 Å². The van der Waals surface area contributed by atoms with Crippen LogP contribution in [0.3, 0.4) is 0 Å². The molecule has 1 aromatic carbocycles. The molecule has 1 aromatic rings. The second-order valence-corrected chi connectivity index (χ2v) is 3.04. The first-order chi connectivity index (χ1) is 7.83. The third-order valence-corrected chi connectivity index (χ3v) is 1.85. The zero-order valence-corrected chi connectivity index (χ0v) is 8.69. The van der Waals surface area contributed by atoms with Crippen LogP contribution in [0, 0.1) is 0 Å². The Morgan fingerprint density at radius 2 is 1.82 bits per heavy atom. The van der Waals surface area contributed by atoms with Crippen molar-refractivity contribution in [3.63, 3.8) is 0 Å². The van der Waals surface area contributed by atoms with E-state index in [2.05, 4.69) is 9.47 Å². The van der Waals surface area contributed by atoms with Crippen LogP contribution in [0.1, 0.15) is 11.7 Å². The number of carbonyl (C=O) groups is 1. The van der Waals surface area contributed by atoms with Crippen LogP contribution < -0.4 is 4.74 Å². The molecule has 1 rings (SSSR count). The van der Waals surface area contributed by atoms with Crippen molar-refractivity contribution in [2.24, 2.45) is 0 Å². The summed E-state index contributed by atoms with van der Waals surface area (Å²) in [5, 5.41) is 9.37. The predicted octanol–water partition coefficient (Wildman–Crippen LogP) is 1.79. The number of aliphatic hydroxyl groups is 1. The van der Waals surface area contributed by atoms with E-state index >= 15 is 0 Å². The van der Waals surface area contributed by atoms with Gasteiger partial charge in [-0.05, 0) is 17.7 Å². The molecule has 17 heavy (non-hydrogen) atoms. The molecule has 0 heterocycles. The number of aliphatic hydroxyl groups excluding tert-OH is 1. The van der Waals surface area contributed by atoms with E-state index in [-0.39, 0.29) is 5.56 Å². The summed E-state index contributed by atoms with van der Waals surface area (Å²) in [7, 11) is 1.09. The molecule has 0 spiro atoms. The summed E-state index contributed by atoms with van der Waals surface area (Å²) in [6, 6.07) is 4.27. The monoisotopic (exact) mass is 250 g/mol. The van der Waals surface area contributed by atoms with Crippen molar-refractivity contribution in [2.45, 2.75) is 12.5 Å². The van der Waals surface area contributed by atoms with Crippen molar-refractivity contribution < 1.29 is 32.5 Å². The van der Waals surface area contributed by atoms with Crippen molar-refractivity contribution >= 4 is 5.97 Å². The van der Waals surface area contributed by atoms with Gasteiger partial charge in [-0.25, -0.2) is 4.79 Å². The number of hydrogen-bond donors (Lipinski definition) is 1. The second-order valence-electron chi connectivity index (χ2n) is 3.04. The van der Waals surface area contributed by atoms with Crippen LogP contribution in [0.25, 0.3) is 0 Å². The van der Waals surface area contributed by atoms with Crippen molar-refractivity contribution in [3.8, 4) is 5.75 Å². The second kappa shape index (κ2) is 5.05. The quantitative estimate of drug-likeness (QED) is 0.831. The molecule has 0 saturated heterocycles. The molecular weight excluding hydrogens is 241 g/mol. The Kier molecular flexibility index (Phi) is 3.95. The molecule has 1 atom stereocenters. The van der Waals surface area contributed by atoms with Crippen molar-refractivity contribution in [3.05, 3.63) is 29.8 Å². The minimum absolute atomic E-state index is 0.117. The van der Waals surface area contributed by atoms with E-state index in [0.717, 1.165) is 31.4 Å². The molecule has 0 saturated carbocycles. The Morgan fingerprint density at radius 1 is 1.29 bits per heavy atom. The first-order valence-electron chi connectivity index (χ1n) is 4.45.